The molecule has 0 fully saturated rings. The molecule has 0 aliphatic rings. The van der Waals surface area contributed by atoms with E-state index in [-0.39, 0.29) is 0 Å². The fourth-order valence-corrected chi connectivity index (χ4v) is 4.48. The molecule has 0 radical (unpaired) electrons. The van der Waals surface area contributed by atoms with E-state index in [1.165, 1.54) is 21.5 Å². The van der Waals surface area contributed by atoms with Crippen LogP contribution in [0.2, 0.25) is 0 Å². The fourth-order valence-electron chi connectivity index (χ4n) is 4.48. The molecular formula is C32H18. The molecule has 6 aromatic rings. The Morgan fingerprint density at radius 1 is 0.344 bits per heavy atom. The van der Waals surface area contributed by atoms with Crippen molar-refractivity contribution in [3.63, 3.8) is 0 Å². The van der Waals surface area contributed by atoms with Gasteiger partial charge in [-0.15, -0.1) is 0 Å². The minimum atomic E-state index is 1.04. The first-order valence-electron chi connectivity index (χ1n) is 10.7. The van der Waals surface area contributed by atoms with Crippen LogP contribution in [0, 0.1) is 23.7 Å². The van der Waals surface area contributed by atoms with Gasteiger partial charge in [0.05, 0.1) is 0 Å². The second-order valence-corrected chi connectivity index (χ2v) is 7.89. The molecule has 0 aliphatic heterocycles. The van der Waals surface area contributed by atoms with Crippen LogP contribution in [0.5, 0.6) is 0 Å². The predicted molar refractivity (Wildman–Crippen MR) is 137 cm³/mol. The first-order chi connectivity index (χ1) is 15.9. The maximum absolute atomic E-state index is 3.37. The Bertz CT molecular complexity index is 1540. The van der Waals surface area contributed by atoms with E-state index in [4.69, 9.17) is 0 Å². The molecule has 0 saturated carbocycles. The highest BCUT2D eigenvalue weighted by Gasteiger charge is 2.06. The lowest BCUT2D eigenvalue weighted by molar-refractivity contribution is 1.73. The lowest BCUT2D eigenvalue weighted by atomic mass is 9.96. The van der Waals surface area contributed by atoms with Crippen molar-refractivity contribution >= 4 is 43.1 Å². The Balaban J connectivity index is 1.55. The van der Waals surface area contributed by atoms with Crippen LogP contribution < -0.4 is 0 Å². The highest BCUT2D eigenvalue weighted by atomic mass is 14.1. The van der Waals surface area contributed by atoms with E-state index in [1.807, 2.05) is 0 Å². The van der Waals surface area contributed by atoms with Gasteiger partial charge in [0.2, 0.25) is 0 Å². The molecule has 0 spiro atoms. The van der Waals surface area contributed by atoms with Crippen LogP contribution in [-0.4, -0.2) is 0 Å². The molecule has 0 bridgehead atoms. The third-order valence-corrected chi connectivity index (χ3v) is 5.98. The lowest BCUT2D eigenvalue weighted by Crippen LogP contribution is -1.85. The summed E-state index contributed by atoms with van der Waals surface area (Å²) in [6.07, 6.45) is 0. The van der Waals surface area contributed by atoms with E-state index in [0.29, 0.717) is 0 Å². The third kappa shape index (κ3) is 3.07. The number of rotatable bonds is 0. The van der Waals surface area contributed by atoms with E-state index < -0.39 is 0 Å². The van der Waals surface area contributed by atoms with Crippen molar-refractivity contribution in [2.75, 3.05) is 0 Å². The molecule has 0 aliphatic carbocycles. The summed E-state index contributed by atoms with van der Waals surface area (Å²) in [4.78, 5) is 0. The highest BCUT2D eigenvalue weighted by molar-refractivity contribution is 6.06. The molecule has 32 heavy (non-hydrogen) atoms. The third-order valence-electron chi connectivity index (χ3n) is 5.98. The summed E-state index contributed by atoms with van der Waals surface area (Å²) in [5, 5.41) is 9.44. The Hall–Kier alpha value is -4.52. The molecule has 0 N–H and O–H groups in total. The number of fused-ring (bicyclic) bond motifs is 4. The van der Waals surface area contributed by atoms with Crippen molar-refractivity contribution in [2.45, 2.75) is 0 Å². The number of hydrogen-bond donors (Lipinski definition) is 0. The summed E-state index contributed by atoms with van der Waals surface area (Å²) in [6, 6.07) is 38.1. The minimum absolute atomic E-state index is 1.04. The maximum atomic E-state index is 3.37. The molecule has 0 saturated heterocycles. The largest absolute Gasteiger partial charge is 0.0616 e. The van der Waals surface area contributed by atoms with E-state index in [9.17, 15) is 0 Å². The monoisotopic (exact) mass is 402 g/mol. The number of hydrogen-bond acceptors (Lipinski definition) is 0. The van der Waals surface area contributed by atoms with E-state index in [2.05, 4.69) is 133 Å². The summed E-state index contributed by atoms with van der Waals surface area (Å²) in [7, 11) is 0. The van der Waals surface area contributed by atoms with Gasteiger partial charge in [0.25, 0.3) is 0 Å². The first kappa shape index (κ1) is 18.3. The van der Waals surface area contributed by atoms with Gasteiger partial charge in [-0.25, -0.2) is 0 Å². The second-order valence-electron chi connectivity index (χ2n) is 7.89. The zero-order valence-electron chi connectivity index (χ0n) is 17.4. The zero-order valence-corrected chi connectivity index (χ0v) is 17.4. The van der Waals surface area contributed by atoms with Crippen LogP contribution in [-0.2, 0) is 0 Å². The van der Waals surface area contributed by atoms with Gasteiger partial charge in [0.15, 0.2) is 0 Å². The van der Waals surface area contributed by atoms with E-state index >= 15 is 0 Å². The SMILES string of the molecule is C(C#Cc1c2ccccc2cc2ccccc12)#Cc1c2ccccc2cc2ccccc12. The van der Waals surface area contributed by atoms with Crippen molar-refractivity contribution in [1.82, 2.24) is 0 Å². The van der Waals surface area contributed by atoms with Crippen molar-refractivity contribution in [1.29, 1.82) is 0 Å². The van der Waals surface area contributed by atoms with Crippen LogP contribution in [0.15, 0.2) is 109 Å². The summed E-state index contributed by atoms with van der Waals surface area (Å²) in [6.45, 7) is 0. The second kappa shape index (κ2) is 7.63. The van der Waals surface area contributed by atoms with Crippen LogP contribution in [0.1, 0.15) is 11.1 Å². The standard InChI is InChI=1S/C32H18/c1-5-15-27-23(11-1)21-24-12-2-6-16-28(24)31(27)19-9-10-20-32-29-17-7-3-13-25(29)22-26-14-4-8-18-30(26)32/h1-8,11-18,21-22H. The van der Waals surface area contributed by atoms with Crippen LogP contribution in [0.25, 0.3) is 43.1 Å². The molecule has 0 amide bonds. The molecule has 146 valence electrons. The Morgan fingerprint density at radius 3 is 0.938 bits per heavy atom. The Labute approximate surface area is 187 Å². The minimum Gasteiger partial charge on any atom is -0.0616 e. The molecule has 0 nitrogen and oxygen atoms in total. The molecule has 0 atom stereocenters. The Morgan fingerprint density at radius 2 is 0.625 bits per heavy atom. The van der Waals surface area contributed by atoms with Gasteiger partial charge in [-0.05, 0) is 67.1 Å². The molecule has 0 unspecified atom stereocenters. The average Bonchev–Trinajstić information content (AvgIpc) is 2.85. The van der Waals surface area contributed by atoms with Gasteiger partial charge >= 0.3 is 0 Å². The molecule has 0 heterocycles. The smallest absolute Gasteiger partial charge is 0.0412 e. The summed E-state index contributed by atoms with van der Waals surface area (Å²) in [5.74, 6) is 13.1. The molecule has 6 rings (SSSR count). The average molecular weight is 402 g/mol. The summed E-state index contributed by atoms with van der Waals surface area (Å²) < 4.78 is 0. The van der Waals surface area contributed by atoms with E-state index in [0.717, 1.165) is 32.7 Å². The highest BCUT2D eigenvalue weighted by Crippen LogP contribution is 2.29. The van der Waals surface area contributed by atoms with Crippen molar-refractivity contribution in [2.24, 2.45) is 0 Å². The van der Waals surface area contributed by atoms with Gasteiger partial charge < -0.3 is 0 Å². The quantitative estimate of drug-likeness (QED) is 0.180. The van der Waals surface area contributed by atoms with E-state index in [1.54, 1.807) is 0 Å². The summed E-state index contributed by atoms with van der Waals surface area (Å²) in [5.41, 5.74) is 2.08. The van der Waals surface area contributed by atoms with Gasteiger partial charge in [-0.2, -0.15) is 0 Å². The van der Waals surface area contributed by atoms with Gasteiger partial charge in [-0.3, -0.25) is 0 Å². The van der Waals surface area contributed by atoms with Crippen LogP contribution in [0.3, 0.4) is 0 Å². The topological polar surface area (TPSA) is 0 Å². The van der Waals surface area contributed by atoms with Crippen molar-refractivity contribution in [3.05, 3.63) is 120 Å². The molecule has 0 aromatic heterocycles. The zero-order chi connectivity index (χ0) is 21.3. The van der Waals surface area contributed by atoms with Crippen molar-refractivity contribution < 1.29 is 0 Å². The van der Waals surface area contributed by atoms with Crippen molar-refractivity contribution in [3.8, 4) is 23.7 Å². The summed E-state index contributed by atoms with van der Waals surface area (Å²) >= 11 is 0. The van der Waals surface area contributed by atoms with Gasteiger partial charge in [0, 0.05) is 11.1 Å². The van der Waals surface area contributed by atoms with Crippen LogP contribution in [0.4, 0.5) is 0 Å². The van der Waals surface area contributed by atoms with Crippen LogP contribution >= 0.6 is 0 Å². The normalized spacial score (nSPS) is 10.6. The first-order valence-corrected chi connectivity index (χ1v) is 10.7. The fraction of sp³-hybridized carbons (Fsp3) is 0. The van der Waals surface area contributed by atoms with Gasteiger partial charge in [0.1, 0.15) is 0 Å². The predicted octanol–water partition coefficient (Wildman–Crippen LogP) is 7.70. The Kier molecular flexibility index (Phi) is 4.35. The van der Waals surface area contributed by atoms with Gasteiger partial charge in [-0.1, -0.05) is 109 Å². The molecule has 6 aromatic carbocycles. The molecular weight excluding hydrogens is 384 g/mol. The lowest BCUT2D eigenvalue weighted by Gasteiger charge is -2.06. The molecule has 0 heteroatoms. The number of benzene rings is 6. The maximum Gasteiger partial charge on any atom is 0.0412 e.